The molecule has 5 nitrogen and oxygen atoms in total. The fourth-order valence-corrected chi connectivity index (χ4v) is 1.60. The fraction of sp³-hybridized carbons (Fsp3) is 0.231. The summed E-state index contributed by atoms with van der Waals surface area (Å²) in [7, 11) is 0. The van der Waals surface area contributed by atoms with Gasteiger partial charge in [-0.25, -0.2) is 0 Å². The summed E-state index contributed by atoms with van der Waals surface area (Å²) in [5.74, 6) is -0.403. The molecule has 1 aromatic heterocycles. The highest BCUT2D eigenvalue weighted by atomic mass is 16.3. The van der Waals surface area contributed by atoms with Crippen LogP contribution in [0, 0.1) is 0 Å². The molecule has 0 radical (unpaired) electrons. The zero-order valence-corrected chi connectivity index (χ0v) is 10.0. The number of hydrogen-bond donors (Lipinski definition) is 2. The van der Waals surface area contributed by atoms with Crippen molar-refractivity contribution in [3.05, 3.63) is 36.1 Å². The molecule has 0 aliphatic heterocycles. The Morgan fingerprint density at radius 3 is 2.72 bits per heavy atom. The summed E-state index contributed by atoms with van der Waals surface area (Å²) in [5, 5.41) is 5.96. The number of para-hydroxylation sites is 1. The summed E-state index contributed by atoms with van der Waals surface area (Å²) in [4.78, 5) is 22.9. The van der Waals surface area contributed by atoms with Gasteiger partial charge in [0.2, 0.25) is 5.91 Å². The molecular weight excluding hydrogens is 232 g/mol. The van der Waals surface area contributed by atoms with Crippen molar-refractivity contribution in [1.82, 2.24) is 10.6 Å². The van der Waals surface area contributed by atoms with Crippen molar-refractivity contribution < 1.29 is 14.0 Å². The minimum Gasteiger partial charge on any atom is -0.451 e. The maximum atomic E-state index is 11.7. The predicted molar refractivity (Wildman–Crippen MR) is 67.2 cm³/mol. The van der Waals surface area contributed by atoms with Gasteiger partial charge in [-0.3, -0.25) is 9.59 Å². The van der Waals surface area contributed by atoms with E-state index in [9.17, 15) is 9.59 Å². The van der Waals surface area contributed by atoms with Crippen LogP contribution in [0.3, 0.4) is 0 Å². The Hall–Kier alpha value is -2.30. The maximum absolute atomic E-state index is 11.7. The van der Waals surface area contributed by atoms with E-state index in [-0.39, 0.29) is 18.2 Å². The first-order valence-corrected chi connectivity index (χ1v) is 5.74. The fourth-order valence-electron chi connectivity index (χ4n) is 1.60. The maximum Gasteiger partial charge on any atom is 0.287 e. The molecule has 2 amide bonds. The highest BCUT2D eigenvalue weighted by molar-refractivity contribution is 5.97. The molecule has 5 heteroatoms. The number of rotatable bonds is 4. The van der Waals surface area contributed by atoms with Crippen LogP contribution in [-0.2, 0) is 4.79 Å². The molecule has 0 aliphatic rings. The van der Waals surface area contributed by atoms with Gasteiger partial charge in [-0.1, -0.05) is 18.2 Å². The third-order valence-corrected chi connectivity index (χ3v) is 2.43. The van der Waals surface area contributed by atoms with Gasteiger partial charge in [-0.15, -0.1) is 0 Å². The van der Waals surface area contributed by atoms with E-state index in [1.807, 2.05) is 25.1 Å². The first-order valence-electron chi connectivity index (χ1n) is 5.74. The van der Waals surface area contributed by atoms with E-state index in [0.717, 1.165) is 5.39 Å². The van der Waals surface area contributed by atoms with E-state index < -0.39 is 5.91 Å². The lowest BCUT2D eigenvalue weighted by Crippen LogP contribution is -2.36. The number of nitrogens with one attached hydrogen (secondary N) is 2. The van der Waals surface area contributed by atoms with Crippen molar-refractivity contribution in [3.63, 3.8) is 0 Å². The number of hydrogen-bond acceptors (Lipinski definition) is 3. The van der Waals surface area contributed by atoms with E-state index in [2.05, 4.69) is 10.6 Å². The quantitative estimate of drug-likeness (QED) is 0.854. The van der Waals surface area contributed by atoms with Crippen molar-refractivity contribution in [1.29, 1.82) is 0 Å². The van der Waals surface area contributed by atoms with Gasteiger partial charge in [-0.05, 0) is 19.1 Å². The molecule has 0 bridgehead atoms. The van der Waals surface area contributed by atoms with Crippen LogP contribution in [0.15, 0.2) is 34.7 Å². The van der Waals surface area contributed by atoms with E-state index in [1.165, 1.54) is 0 Å². The number of carbonyl (C=O) groups excluding carboxylic acids is 2. The average molecular weight is 246 g/mol. The Morgan fingerprint density at radius 1 is 1.22 bits per heavy atom. The van der Waals surface area contributed by atoms with Gasteiger partial charge in [0.15, 0.2) is 5.76 Å². The zero-order valence-electron chi connectivity index (χ0n) is 10.0. The Labute approximate surface area is 104 Å². The smallest absolute Gasteiger partial charge is 0.287 e. The summed E-state index contributed by atoms with van der Waals surface area (Å²) in [5.41, 5.74) is 0.653. The summed E-state index contributed by atoms with van der Waals surface area (Å²) in [6.45, 7) is 2.31. The summed E-state index contributed by atoms with van der Waals surface area (Å²) in [6, 6.07) is 9.01. The monoisotopic (exact) mass is 246 g/mol. The molecule has 0 saturated carbocycles. The van der Waals surface area contributed by atoms with Crippen molar-refractivity contribution in [2.24, 2.45) is 0 Å². The van der Waals surface area contributed by atoms with Crippen LogP contribution in [0.5, 0.6) is 0 Å². The molecule has 0 aliphatic carbocycles. The molecule has 1 heterocycles. The van der Waals surface area contributed by atoms with E-state index >= 15 is 0 Å². The summed E-state index contributed by atoms with van der Waals surface area (Å²) < 4.78 is 5.38. The van der Waals surface area contributed by atoms with E-state index in [0.29, 0.717) is 12.1 Å². The molecule has 0 fully saturated rings. The Kier molecular flexibility index (Phi) is 3.62. The van der Waals surface area contributed by atoms with Crippen LogP contribution in [-0.4, -0.2) is 24.9 Å². The normalized spacial score (nSPS) is 10.3. The van der Waals surface area contributed by atoms with E-state index in [1.54, 1.807) is 12.1 Å². The lowest BCUT2D eigenvalue weighted by molar-refractivity contribution is -0.120. The van der Waals surface area contributed by atoms with Gasteiger partial charge < -0.3 is 15.1 Å². The van der Waals surface area contributed by atoms with Crippen LogP contribution in [0.2, 0.25) is 0 Å². The molecular formula is C13H14N2O3. The van der Waals surface area contributed by atoms with Crippen molar-refractivity contribution >= 4 is 22.8 Å². The summed E-state index contributed by atoms with van der Waals surface area (Å²) in [6.07, 6.45) is 0. The second-order valence-corrected chi connectivity index (χ2v) is 3.78. The van der Waals surface area contributed by atoms with Crippen molar-refractivity contribution in [2.75, 3.05) is 13.1 Å². The lowest BCUT2D eigenvalue weighted by atomic mass is 10.2. The van der Waals surface area contributed by atoms with Crippen molar-refractivity contribution in [2.45, 2.75) is 6.92 Å². The topological polar surface area (TPSA) is 71.3 Å². The third kappa shape index (κ3) is 2.68. The van der Waals surface area contributed by atoms with Crippen LogP contribution >= 0.6 is 0 Å². The minimum atomic E-state index is -0.391. The highest BCUT2D eigenvalue weighted by Crippen LogP contribution is 2.18. The van der Waals surface area contributed by atoms with Crippen LogP contribution in [0.1, 0.15) is 17.5 Å². The number of carbonyl (C=O) groups is 2. The Bertz CT molecular complexity index is 541. The Balaban J connectivity index is 2.02. The van der Waals surface area contributed by atoms with Gasteiger partial charge in [0, 0.05) is 11.9 Å². The molecule has 0 spiro atoms. The molecule has 1 aromatic carbocycles. The molecule has 0 atom stereocenters. The molecule has 18 heavy (non-hydrogen) atoms. The lowest BCUT2D eigenvalue weighted by Gasteiger charge is -2.02. The van der Waals surface area contributed by atoms with Crippen LogP contribution < -0.4 is 10.6 Å². The first-order chi connectivity index (χ1) is 8.70. The van der Waals surface area contributed by atoms with Gasteiger partial charge >= 0.3 is 0 Å². The van der Waals surface area contributed by atoms with Gasteiger partial charge in [0.1, 0.15) is 5.58 Å². The van der Waals surface area contributed by atoms with Gasteiger partial charge in [0.25, 0.3) is 5.91 Å². The minimum absolute atomic E-state index is 0.0519. The molecule has 0 saturated heterocycles. The number of amides is 2. The molecule has 2 aromatic rings. The molecule has 2 rings (SSSR count). The van der Waals surface area contributed by atoms with Crippen LogP contribution in [0.25, 0.3) is 11.0 Å². The summed E-state index contributed by atoms with van der Waals surface area (Å²) >= 11 is 0. The van der Waals surface area contributed by atoms with Crippen LogP contribution in [0.4, 0.5) is 0 Å². The molecule has 0 unspecified atom stereocenters. The predicted octanol–water partition coefficient (Wildman–Crippen LogP) is 1.30. The van der Waals surface area contributed by atoms with Crippen molar-refractivity contribution in [3.8, 4) is 0 Å². The third-order valence-electron chi connectivity index (χ3n) is 2.43. The average Bonchev–Trinajstić information content (AvgIpc) is 2.80. The largest absolute Gasteiger partial charge is 0.451 e. The molecule has 2 N–H and O–H groups in total. The first kappa shape index (κ1) is 12.2. The van der Waals surface area contributed by atoms with Gasteiger partial charge in [0.05, 0.1) is 6.54 Å². The highest BCUT2D eigenvalue weighted by Gasteiger charge is 2.12. The zero-order chi connectivity index (χ0) is 13.0. The van der Waals surface area contributed by atoms with Gasteiger partial charge in [-0.2, -0.15) is 0 Å². The van der Waals surface area contributed by atoms with E-state index in [4.69, 9.17) is 4.42 Å². The second-order valence-electron chi connectivity index (χ2n) is 3.78. The number of furan rings is 1. The number of likely N-dealkylation sites (N-methyl/N-ethyl adjacent to an activating group) is 1. The number of benzene rings is 1. The Morgan fingerprint density at radius 2 is 2.00 bits per heavy atom. The SMILES string of the molecule is CCNC(=O)CNC(=O)c1cc2ccccc2o1. The second kappa shape index (κ2) is 5.35. The standard InChI is InChI=1S/C13H14N2O3/c1-2-14-12(16)8-15-13(17)11-7-9-5-3-4-6-10(9)18-11/h3-7H,2,8H2,1H3,(H,14,16)(H,15,17). The molecule has 94 valence electrons. The number of fused-ring (bicyclic) bond motifs is 1.